The smallest absolute Gasteiger partial charge is 0.121 e. The second kappa shape index (κ2) is 19.2. The van der Waals surface area contributed by atoms with Gasteiger partial charge in [0, 0.05) is 37.4 Å². The van der Waals surface area contributed by atoms with E-state index in [2.05, 4.69) is 220 Å². The van der Waals surface area contributed by atoms with E-state index in [9.17, 15) is 0 Å². The molecule has 0 atom stereocenters. The quantitative estimate of drug-likeness (QED) is 0.123. The number of para-hydroxylation sites is 2. The van der Waals surface area contributed by atoms with E-state index in [1.807, 2.05) is 36.5 Å². The number of hydrogen-bond acceptors (Lipinski definition) is 3. The normalized spacial score (nSPS) is 12.1. The molecule has 0 aliphatic heterocycles. The van der Waals surface area contributed by atoms with Gasteiger partial charge in [-0.1, -0.05) is 147 Å². The molecule has 0 saturated heterocycles. The molecule has 5 heteroatoms. The minimum Gasteiger partial charge on any atom is -0.501 e. The molecule has 3 heterocycles. The van der Waals surface area contributed by atoms with E-state index in [4.69, 9.17) is 9.40 Å². The van der Waals surface area contributed by atoms with E-state index >= 15 is 0 Å². The van der Waals surface area contributed by atoms with Crippen molar-refractivity contribution in [2.45, 2.75) is 106 Å². The van der Waals surface area contributed by atoms with Crippen LogP contribution < -0.4 is 0 Å². The molecular formula is C66H63IrN3O-2. The number of imidazole rings is 1. The molecule has 3 aromatic heterocycles. The Hall–Kier alpha value is -6.65. The van der Waals surface area contributed by atoms with Gasteiger partial charge < -0.3 is 14.0 Å². The first kappa shape index (κ1) is 49.3. The number of rotatable bonds is 6. The van der Waals surface area contributed by atoms with Crippen molar-refractivity contribution in [3.05, 3.63) is 197 Å². The monoisotopic (exact) mass is 1110 g/mol. The first-order valence-electron chi connectivity index (χ1n) is 24.9. The summed E-state index contributed by atoms with van der Waals surface area (Å²) in [5.74, 6) is 1.36. The summed E-state index contributed by atoms with van der Waals surface area (Å²) < 4.78 is 9.29. The first-order chi connectivity index (χ1) is 33.5. The molecule has 4 nitrogen and oxygen atoms in total. The molecule has 0 amide bonds. The fourth-order valence-corrected chi connectivity index (χ4v) is 10.2. The van der Waals surface area contributed by atoms with Crippen LogP contribution in [0.3, 0.4) is 0 Å². The molecule has 0 spiro atoms. The summed E-state index contributed by atoms with van der Waals surface area (Å²) in [5, 5.41) is 7.02. The van der Waals surface area contributed by atoms with Crippen LogP contribution in [0.1, 0.15) is 114 Å². The maximum absolute atomic E-state index is 6.89. The SMILES string of the molecule is CC(C)(C)c1ccnc(-c2[c-]cccc2)c1.Cc1cc(C(C)(C)C)cc(C)c1-c1cc(C(C)C)c(-n2c(-c3[c-]ccc4c3oc3cc5c(ccc6ccccc65)cc34)nc3ccccc32)c(C(C)C)c1.[Ir]. The summed E-state index contributed by atoms with van der Waals surface area (Å²) in [6.07, 6.45) is 1.87. The van der Waals surface area contributed by atoms with Crippen molar-refractivity contribution in [2.24, 2.45) is 0 Å². The molecule has 0 aliphatic rings. The van der Waals surface area contributed by atoms with Gasteiger partial charge in [0.05, 0.1) is 22.4 Å². The second-order valence-corrected chi connectivity index (χ2v) is 21.8. The molecule has 8 aromatic carbocycles. The zero-order valence-electron chi connectivity index (χ0n) is 43.2. The van der Waals surface area contributed by atoms with Crippen LogP contribution in [-0.2, 0) is 30.9 Å². The number of hydrogen-bond donors (Lipinski definition) is 0. The van der Waals surface area contributed by atoms with E-state index in [-0.39, 0.29) is 42.8 Å². The summed E-state index contributed by atoms with van der Waals surface area (Å²) in [5.41, 5.74) is 18.6. The predicted octanol–water partition coefficient (Wildman–Crippen LogP) is 18.4. The molecule has 0 bridgehead atoms. The van der Waals surface area contributed by atoms with E-state index in [1.165, 1.54) is 71.7 Å². The van der Waals surface area contributed by atoms with Crippen LogP contribution >= 0.6 is 0 Å². The van der Waals surface area contributed by atoms with Gasteiger partial charge >= 0.3 is 0 Å². The Morgan fingerprint density at radius 2 is 1.24 bits per heavy atom. The molecule has 0 unspecified atom stereocenters. The first-order valence-corrected chi connectivity index (χ1v) is 24.9. The number of benzene rings is 8. The zero-order chi connectivity index (χ0) is 49.2. The van der Waals surface area contributed by atoms with Gasteiger partial charge in [-0.25, -0.2) is 0 Å². The third-order valence-corrected chi connectivity index (χ3v) is 14.0. The van der Waals surface area contributed by atoms with Crippen molar-refractivity contribution < 1.29 is 24.5 Å². The second-order valence-electron chi connectivity index (χ2n) is 21.8. The Balaban J connectivity index is 0.000000313. The fourth-order valence-electron chi connectivity index (χ4n) is 10.2. The van der Waals surface area contributed by atoms with E-state index in [0.717, 1.165) is 55.6 Å². The molecule has 71 heavy (non-hydrogen) atoms. The Bertz CT molecular complexity index is 3710. The largest absolute Gasteiger partial charge is 0.501 e. The van der Waals surface area contributed by atoms with Gasteiger partial charge in [-0.05, 0) is 151 Å². The van der Waals surface area contributed by atoms with Crippen LogP contribution in [0.25, 0.3) is 94.0 Å². The van der Waals surface area contributed by atoms with Crippen molar-refractivity contribution in [1.29, 1.82) is 0 Å². The summed E-state index contributed by atoms with van der Waals surface area (Å²) in [7, 11) is 0. The standard InChI is InChI=1S/C51H47N2O.C15H16N.Ir/c1-29(2)40-26-35(47-31(5)23-36(24-32(47)6)51(7,8)9)27-41(30(3)4)48(40)53-45-20-13-12-19-44(45)52-50(53)39-18-14-17-38-43-25-34-22-21-33-15-10-11-16-37(33)42(34)28-46(43)54-49(38)39;1-15(2,3)13-9-10-16-14(11-13)12-7-5-4-6-8-12;/h10-17,19-30H,1-9H3;4-7,9-11H,1-3H3;/q2*-1;. The summed E-state index contributed by atoms with van der Waals surface area (Å²) in [4.78, 5) is 9.78. The molecule has 1 radical (unpaired) electrons. The number of furan rings is 1. The topological polar surface area (TPSA) is 43.9 Å². The molecule has 0 aliphatic carbocycles. The molecule has 11 rings (SSSR count). The van der Waals surface area contributed by atoms with Gasteiger partial charge in [0.25, 0.3) is 0 Å². The van der Waals surface area contributed by atoms with Crippen molar-refractivity contribution in [2.75, 3.05) is 0 Å². The van der Waals surface area contributed by atoms with Crippen LogP contribution in [-0.4, -0.2) is 14.5 Å². The minimum absolute atomic E-state index is 0. The Morgan fingerprint density at radius 3 is 1.92 bits per heavy atom. The Morgan fingerprint density at radius 1 is 0.577 bits per heavy atom. The summed E-state index contributed by atoms with van der Waals surface area (Å²) in [6.45, 7) is 27.3. The number of nitrogens with zero attached hydrogens (tertiary/aromatic N) is 3. The van der Waals surface area contributed by atoms with Crippen LogP contribution in [0.4, 0.5) is 0 Å². The number of aryl methyl sites for hydroxylation is 2. The zero-order valence-corrected chi connectivity index (χ0v) is 45.6. The third kappa shape index (κ3) is 9.27. The van der Waals surface area contributed by atoms with Crippen LogP contribution in [0, 0.1) is 26.0 Å². The maximum atomic E-state index is 6.89. The van der Waals surface area contributed by atoms with Crippen LogP contribution in [0.15, 0.2) is 156 Å². The van der Waals surface area contributed by atoms with Gasteiger partial charge in [-0.3, -0.25) is 4.98 Å². The summed E-state index contributed by atoms with van der Waals surface area (Å²) in [6, 6.07) is 58.8. The molecule has 359 valence electrons. The van der Waals surface area contributed by atoms with Crippen LogP contribution in [0.2, 0.25) is 0 Å². The average Bonchev–Trinajstić information content (AvgIpc) is 3.91. The number of fused-ring (bicyclic) bond motifs is 7. The van der Waals surface area contributed by atoms with Gasteiger partial charge in [0.2, 0.25) is 0 Å². The van der Waals surface area contributed by atoms with Crippen LogP contribution in [0.5, 0.6) is 0 Å². The molecule has 11 aromatic rings. The molecule has 0 N–H and O–H groups in total. The summed E-state index contributed by atoms with van der Waals surface area (Å²) >= 11 is 0. The number of aromatic nitrogens is 3. The van der Waals surface area contributed by atoms with E-state index < -0.39 is 0 Å². The number of pyridine rings is 1. The average molecular weight is 1110 g/mol. The van der Waals surface area contributed by atoms with Crippen molar-refractivity contribution >= 4 is 54.5 Å². The van der Waals surface area contributed by atoms with Crippen molar-refractivity contribution in [1.82, 2.24) is 14.5 Å². The van der Waals surface area contributed by atoms with Gasteiger partial charge in [-0.2, -0.15) is 0 Å². The Kier molecular flexibility index (Phi) is 13.3. The molecule has 0 saturated carbocycles. The maximum Gasteiger partial charge on any atom is 0.121 e. The van der Waals surface area contributed by atoms with E-state index in [1.54, 1.807) is 0 Å². The van der Waals surface area contributed by atoms with Gasteiger partial charge in [-0.15, -0.1) is 54.1 Å². The predicted molar refractivity (Wildman–Crippen MR) is 297 cm³/mol. The minimum atomic E-state index is 0. The van der Waals surface area contributed by atoms with Crippen molar-refractivity contribution in [3.8, 4) is 39.5 Å². The van der Waals surface area contributed by atoms with Crippen molar-refractivity contribution in [3.63, 3.8) is 0 Å². The van der Waals surface area contributed by atoms with Gasteiger partial charge in [0.1, 0.15) is 5.58 Å². The fraction of sp³-hybridized carbons (Fsp3) is 0.242. The Labute approximate surface area is 433 Å². The molecular weight excluding hydrogens is 1040 g/mol. The molecule has 0 fully saturated rings. The van der Waals surface area contributed by atoms with Gasteiger partial charge in [0.15, 0.2) is 0 Å². The third-order valence-electron chi connectivity index (χ3n) is 14.0. The van der Waals surface area contributed by atoms with E-state index in [0.29, 0.717) is 0 Å².